The summed E-state index contributed by atoms with van der Waals surface area (Å²) in [6.07, 6.45) is -0.666. The number of aromatic nitrogens is 3. The van der Waals surface area contributed by atoms with Gasteiger partial charge in [-0.25, -0.2) is 14.1 Å². The van der Waals surface area contributed by atoms with Gasteiger partial charge in [0.05, 0.1) is 6.04 Å². The molecule has 0 saturated carbocycles. The van der Waals surface area contributed by atoms with Crippen molar-refractivity contribution < 1.29 is 18.7 Å². The number of hydrogen-bond donors (Lipinski definition) is 1. The number of carbonyl (C=O) groups is 1. The van der Waals surface area contributed by atoms with Gasteiger partial charge in [-0.1, -0.05) is 30.3 Å². The molecule has 0 aliphatic carbocycles. The number of carbonyl (C=O) groups excluding carboxylic acids is 1. The number of ether oxygens (including phenoxy) is 2. The topological polar surface area (TPSA) is 89.5 Å². The fraction of sp³-hybridized carbons (Fsp3) is 0.273. The van der Waals surface area contributed by atoms with Crippen LogP contribution in [-0.4, -0.2) is 40.4 Å². The van der Waals surface area contributed by atoms with Crippen LogP contribution in [0, 0.1) is 6.92 Å². The Bertz CT molecular complexity index is 1050. The van der Waals surface area contributed by atoms with Gasteiger partial charge in [0.25, 0.3) is 0 Å². The summed E-state index contributed by atoms with van der Waals surface area (Å²) in [6, 6.07) is 16.3. The van der Waals surface area contributed by atoms with Gasteiger partial charge < -0.3 is 14.8 Å². The average molecular weight is 423 g/mol. The van der Waals surface area contributed by atoms with E-state index >= 15 is 0 Å². The molecule has 3 aromatic rings. The molecule has 1 aliphatic rings. The summed E-state index contributed by atoms with van der Waals surface area (Å²) in [7, 11) is 0. The van der Waals surface area contributed by atoms with Crippen molar-refractivity contribution in [3.05, 3.63) is 66.0 Å². The molecule has 1 aromatic heterocycles. The molecule has 2 aromatic carbocycles. The van der Waals surface area contributed by atoms with Gasteiger partial charge in [0.15, 0.2) is 0 Å². The zero-order valence-electron chi connectivity index (χ0n) is 17.2. The van der Waals surface area contributed by atoms with Gasteiger partial charge in [0, 0.05) is 0 Å². The number of rotatable bonds is 7. The first kappa shape index (κ1) is 20.5. The molecule has 0 spiro atoms. The van der Waals surface area contributed by atoms with Crippen LogP contribution in [0.1, 0.15) is 24.4 Å². The third-order valence-electron chi connectivity index (χ3n) is 4.79. The van der Waals surface area contributed by atoms with Crippen LogP contribution in [-0.2, 0) is 4.74 Å². The number of anilines is 2. The molecule has 4 rings (SSSR count). The molecule has 2 atom stereocenters. The van der Waals surface area contributed by atoms with Crippen LogP contribution >= 0.6 is 0 Å². The molecule has 31 heavy (non-hydrogen) atoms. The first-order valence-corrected chi connectivity index (χ1v) is 9.87. The van der Waals surface area contributed by atoms with E-state index in [4.69, 9.17) is 9.47 Å². The maximum Gasteiger partial charge on any atom is 0.417 e. The lowest BCUT2D eigenvalue weighted by Crippen LogP contribution is -2.36. The first-order chi connectivity index (χ1) is 15.0. The lowest BCUT2D eigenvalue weighted by atomic mass is 10.1. The van der Waals surface area contributed by atoms with Crippen molar-refractivity contribution in [2.75, 3.05) is 23.5 Å². The molecule has 0 radical (unpaired) electrons. The number of aryl methyl sites for hydroxylation is 1. The van der Waals surface area contributed by atoms with Crippen LogP contribution < -0.4 is 15.0 Å². The third-order valence-corrected chi connectivity index (χ3v) is 4.79. The summed E-state index contributed by atoms with van der Waals surface area (Å²) in [5.41, 5.74) is 0.988. The van der Waals surface area contributed by atoms with Crippen LogP contribution in [0.5, 0.6) is 11.5 Å². The Balaban J connectivity index is 1.47. The third kappa shape index (κ3) is 4.71. The van der Waals surface area contributed by atoms with E-state index in [0.717, 1.165) is 22.0 Å². The quantitative estimate of drug-likeness (QED) is 0.601. The van der Waals surface area contributed by atoms with Gasteiger partial charge in [0.1, 0.15) is 36.6 Å². The Labute approximate surface area is 179 Å². The molecular formula is C22H22FN5O3. The summed E-state index contributed by atoms with van der Waals surface area (Å²) in [6.45, 7) is 2.87. The fourth-order valence-corrected chi connectivity index (χ4v) is 3.19. The highest BCUT2D eigenvalue weighted by atomic mass is 19.1. The lowest BCUT2D eigenvalue weighted by Gasteiger charge is -2.19. The predicted octanol–water partition coefficient (Wildman–Crippen LogP) is 4.44. The lowest BCUT2D eigenvalue weighted by molar-refractivity contribution is 0.177. The number of para-hydroxylation sites is 1. The second-order valence-corrected chi connectivity index (χ2v) is 7.11. The van der Waals surface area contributed by atoms with E-state index in [0.29, 0.717) is 5.82 Å². The minimum Gasteiger partial charge on any atom is -0.457 e. The number of cyclic esters (lactones) is 1. The van der Waals surface area contributed by atoms with Gasteiger partial charge >= 0.3 is 6.09 Å². The Morgan fingerprint density at radius 3 is 2.55 bits per heavy atom. The SMILES string of the molecule is Cc1nc(N[C@@H](C)c2ccc(Oc3ccccc3)cc2)nc(N2C(=O)OC[C@@H]2CF)n1. The van der Waals surface area contributed by atoms with Gasteiger partial charge in [-0.2, -0.15) is 15.0 Å². The average Bonchev–Trinajstić information content (AvgIpc) is 3.15. The van der Waals surface area contributed by atoms with E-state index in [2.05, 4.69) is 20.3 Å². The molecule has 1 fully saturated rings. The van der Waals surface area contributed by atoms with E-state index in [-0.39, 0.29) is 24.5 Å². The summed E-state index contributed by atoms with van der Waals surface area (Å²) >= 11 is 0. The van der Waals surface area contributed by atoms with Crippen molar-refractivity contribution in [2.24, 2.45) is 0 Å². The van der Waals surface area contributed by atoms with E-state index in [9.17, 15) is 9.18 Å². The van der Waals surface area contributed by atoms with Gasteiger partial charge in [-0.15, -0.1) is 0 Å². The summed E-state index contributed by atoms with van der Waals surface area (Å²) < 4.78 is 24.0. The molecule has 8 nitrogen and oxygen atoms in total. The Kier molecular flexibility index (Phi) is 5.92. The summed E-state index contributed by atoms with van der Waals surface area (Å²) in [4.78, 5) is 25.9. The fourth-order valence-electron chi connectivity index (χ4n) is 3.19. The number of amides is 1. The molecule has 0 unspecified atom stereocenters. The number of alkyl halides is 1. The van der Waals surface area contributed by atoms with E-state index < -0.39 is 18.8 Å². The standard InChI is InChI=1S/C22H22FN5O3/c1-14(16-8-10-19(11-9-16)31-18-6-4-3-5-7-18)24-20-25-15(2)26-21(27-20)28-17(12-23)13-30-22(28)29/h3-11,14,17H,12-13H2,1-2H3,(H,24,25,26,27)/t14-,17-/m0/s1. The van der Waals surface area contributed by atoms with Crippen molar-refractivity contribution in [1.82, 2.24) is 15.0 Å². The minimum absolute atomic E-state index is 0.0311. The summed E-state index contributed by atoms with van der Waals surface area (Å²) in [5, 5.41) is 3.20. The number of nitrogens with zero attached hydrogens (tertiary/aromatic N) is 4. The van der Waals surface area contributed by atoms with Crippen molar-refractivity contribution in [3.8, 4) is 11.5 Å². The predicted molar refractivity (Wildman–Crippen MR) is 113 cm³/mol. The molecule has 1 amide bonds. The number of halogens is 1. The highest BCUT2D eigenvalue weighted by molar-refractivity contribution is 5.88. The second-order valence-electron chi connectivity index (χ2n) is 7.11. The largest absolute Gasteiger partial charge is 0.457 e. The molecule has 9 heteroatoms. The van der Waals surface area contributed by atoms with Crippen LogP contribution in [0.25, 0.3) is 0 Å². The van der Waals surface area contributed by atoms with Crippen molar-refractivity contribution in [1.29, 1.82) is 0 Å². The number of nitrogens with one attached hydrogen (secondary N) is 1. The number of hydrogen-bond acceptors (Lipinski definition) is 7. The molecule has 1 N–H and O–H groups in total. The van der Waals surface area contributed by atoms with E-state index in [1.165, 1.54) is 0 Å². The first-order valence-electron chi connectivity index (χ1n) is 9.87. The van der Waals surface area contributed by atoms with Crippen molar-refractivity contribution in [3.63, 3.8) is 0 Å². The summed E-state index contributed by atoms with van der Waals surface area (Å²) in [5.74, 6) is 2.26. The minimum atomic E-state index is -0.743. The van der Waals surface area contributed by atoms with E-state index in [1.54, 1.807) is 6.92 Å². The highest BCUT2D eigenvalue weighted by Crippen LogP contribution is 2.25. The normalized spacial score (nSPS) is 16.7. The molecule has 0 bridgehead atoms. The van der Waals surface area contributed by atoms with Crippen LogP contribution in [0.3, 0.4) is 0 Å². The smallest absolute Gasteiger partial charge is 0.417 e. The molecule has 160 valence electrons. The molecule has 2 heterocycles. The van der Waals surface area contributed by atoms with Gasteiger partial charge in [-0.3, -0.25) is 0 Å². The Morgan fingerprint density at radius 2 is 1.84 bits per heavy atom. The zero-order chi connectivity index (χ0) is 21.8. The maximum atomic E-state index is 13.2. The van der Waals surface area contributed by atoms with Gasteiger partial charge in [-0.05, 0) is 43.7 Å². The van der Waals surface area contributed by atoms with Gasteiger partial charge in [0.2, 0.25) is 11.9 Å². The van der Waals surface area contributed by atoms with E-state index in [1.807, 2.05) is 61.5 Å². The number of benzene rings is 2. The Morgan fingerprint density at radius 1 is 1.13 bits per heavy atom. The second kappa shape index (κ2) is 8.95. The zero-order valence-corrected chi connectivity index (χ0v) is 17.2. The maximum absolute atomic E-state index is 13.2. The van der Waals surface area contributed by atoms with Crippen molar-refractivity contribution >= 4 is 18.0 Å². The van der Waals surface area contributed by atoms with Crippen LogP contribution in [0.15, 0.2) is 54.6 Å². The van der Waals surface area contributed by atoms with Crippen LogP contribution in [0.4, 0.5) is 21.1 Å². The molecular weight excluding hydrogens is 401 g/mol. The molecule has 1 saturated heterocycles. The highest BCUT2D eigenvalue weighted by Gasteiger charge is 2.36. The van der Waals surface area contributed by atoms with Crippen LogP contribution in [0.2, 0.25) is 0 Å². The molecule has 1 aliphatic heterocycles. The Hall–Kier alpha value is -3.75. The van der Waals surface area contributed by atoms with Crippen molar-refractivity contribution in [2.45, 2.75) is 25.9 Å². The monoisotopic (exact) mass is 423 g/mol.